The second-order valence-electron chi connectivity index (χ2n) is 7.18. The summed E-state index contributed by atoms with van der Waals surface area (Å²) < 4.78 is 10.3. The standard InChI is InChI=1S/C19H24ClNO5/c1-5-25-17(23)15-11-13(10-12-8-6-7-9-14(12)20)16(22)21(15)18(24)26-19(2,3)4/h6-9,13,15H,5,10-11H2,1-4H3/t13-,15+/m0/s1. The monoisotopic (exact) mass is 381 g/mol. The highest BCUT2D eigenvalue weighted by Gasteiger charge is 2.48. The van der Waals surface area contributed by atoms with Gasteiger partial charge < -0.3 is 9.47 Å². The molecule has 1 fully saturated rings. The normalized spacial score (nSPS) is 20.2. The minimum atomic E-state index is -0.982. The number of hydrogen-bond donors (Lipinski definition) is 0. The van der Waals surface area contributed by atoms with Crippen LogP contribution < -0.4 is 0 Å². The number of benzene rings is 1. The van der Waals surface area contributed by atoms with Crippen molar-refractivity contribution in [2.45, 2.75) is 52.2 Å². The number of rotatable bonds is 4. The molecule has 0 saturated carbocycles. The summed E-state index contributed by atoms with van der Waals surface area (Å²) in [7, 11) is 0. The van der Waals surface area contributed by atoms with Crippen LogP contribution in [0.1, 0.15) is 39.7 Å². The first-order valence-electron chi connectivity index (χ1n) is 8.60. The van der Waals surface area contributed by atoms with Crippen molar-refractivity contribution in [2.75, 3.05) is 6.61 Å². The van der Waals surface area contributed by atoms with E-state index >= 15 is 0 Å². The molecule has 2 amide bonds. The molecule has 2 atom stereocenters. The van der Waals surface area contributed by atoms with Crippen molar-refractivity contribution in [3.63, 3.8) is 0 Å². The molecule has 2 rings (SSSR count). The quantitative estimate of drug-likeness (QED) is 0.745. The van der Waals surface area contributed by atoms with Gasteiger partial charge in [-0.2, -0.15) is 0 Å². The highest BCUT2D eigenvalue weighted by Crippen LogP contribution is 2.31. The van der Waals surface area contributed by atoms with Crippen molar-refractivity contribution < 1.29 is 23.9 Å². The smallest absolute Gasteiger partial charge is 0.417 e. The molecule has 0 spiro atoms. The fourth-order valence-corrected chi connectivity index (χ4v) is 3.11. The SMILES string of the molecule is CCOC(=O)[C@H]1C[C@H](Cc2ccccc2Cl)C(=O)N1C(=O)OC(C)(C)C. The lowest BCUT2D eigenvalue weighted by atomic mass is 9.96. The molecule has 7 heteroatoms. The number of likely N-dealkylation sites (tertiary alicyclic amines) is 1. The summed E-state index contributed by atoms with van der Waals surface area (Å²) in [6.07, 6.45) is -0.308. The molecule has 26 heavy (non-hydrogen) atoms. The number of nitrogens with zero attached hydrogens (tertiary/aromatic N) is 1. The molecular formula is C19H24ClNO5. The third-order valence-electron chi connectivity index (χ3n) is 3.98. The Morgan fingerprint density at radius 2 is 1.92 bits per heavy atom. The summed E-state index contributed by atoms with van der Waals surface area (Å²) in [6.45, 7) is 6.94. The van der Waals surface area contributed by atoms with E-state index in [1.165, 1.54) is 0 Å². The summed E-state index contributed by atoms with van der Waals surface area (Å²) in [5.74, 6) is -1.59. The van der Waals surface area contributed by atoms with Gasteiger partial charge >= 0.3 is 12.1 Å². The van der Waals surface area contributed by atoms with Crippen LogP contribution in [0.15, 0.2) is 24.3 Å². The summed E-state index contributed by atoms with van der Waals surface area (Å²) >= 11 is 6.18. The zero-order chi connectivity index (χ0) is 19.5. The lowest BCUT2D eigenvalue weighted by Gasteiger charge is -2.26. The number of imide groups is 1. The molecule has 0 aliphatic carbocycles. The maximum Gasteiger partial charge on any atom is 0.417 e. The van der Waals surface area contributed by atoms with E-state index in [4.69, 9.17) is 21.1 Å². The van der Waals surface area contributed by atoms with E-state index in [0.717, 1.165) is 10.5 Å². The first-order chi connectivity index (χ1) is 12.1. The maximum absolute atomic E-state index is 12.8. The molecule has 1 aliphatic heterocycles. The summed E-state index contributed by atoms with van der Waals surface area (Å²) in [4.78, 5) is 38.5. The molecule has 6 nitrogen and oxygen atoms in total. The van der Waals surface area contributed by atoms with Crippen LogP contribution in [-0.4, -0.2) is 41.1 Å². The van der Waals surface area contributed by atoms with Gasteiger partial charge in [0.2, 0.25) is 5.91 Å². The first kappa shape index (κ1) is 20.2. The minimum absolute atomic E-state index is 0.168. The summed E-state index contributed by atoms with van der Waals surface area (Å²) in [6, 6.07) is 6.21. The van der Waals surface area contributed by atoms with Crippen LogP contribution in [0.2, 0.25) is 5.02 Å². The van der Waals surface area contributed by atoms with Crippen LogP contribution in [-0.2, 0) is 25.5 Å². The lowest BCUT2D eigenvalue weighted by molar-refractivity contribution is -0.151. The van der Waals surface area contributed by atoms with Gasteiger partial charge in [-0.3, -0.25) is 4.79 Å². The minimum Gasteiger partial charge on any atom is -0.464 e. The van der Waals surface area contributed by atoms with Gasteiger partial charge in [0.05, 0.1) is 6.61 Å². The van der Waals surface area contributed by atoms with E-state index in [2.05, 4.69) is 0 Å². The highest BCUT2D eigenvalue weighted by atomic mass is 35.5. The summed E-state index contributed by atoms with van der Waals surface area (Å²) in [5, 5.41) is 0.545. The van der Waals surface area contributed by atoms with Crippen molar-refractivity contribution >= 4 is 29.6 Å². The maximum atomic E-state index is 12.8. The average molecular weight is 382 g/mol. The van der Waals surface area contributed by atoms with Gasteiger partial charge in [-0.05, 0) is 52.2 Å². The van der Waals surface area contributed by atoms with Crippen LogP contribution in [0.5, 0.6) is 0 Å². The van der Waals surface area contributed by atoms with Crippen LogP contribution in [0.25, 0.3) is 0 Å². The molecule has 1 aromatic carbocycles. The molecule has 1 aromatic rings. The molecule has 0 bridgehead atoms. The van der Waals surface area contributed by atoms with Crippen molar-refractivity contribution in [3.8, 4) is 0 Å². The Balaban J connectivity index is 2.25. The van der Waals surface area contributed by atoms with Crippen molar-refractivity contribution in [2.24, 2.45) is 5.92 Å². The molecular weight excluding hydrogens is 358 g/mol. The number of carbonyl (C=O) groups excluding carboxylic acids is 3. The molecule has 0 unspecified atom stereocenters. The fourth-order valence-electron chi connectivity index (χ4n) is 2.89. The predicted octanol–water partition coefficient (Wildman–Crippen LogP) is 3.60. The number of ether oxygens (including phenoxy) is 2. The Morgan fingerprint density at radius 3 is 2.50 bits per heavy atom. The fraction of sp³-hybridized carbons (Fsp3) is 0.526. The third-order valence-corrected chi connectivity index (χ3v) is 4.35. The lowest BCUT2D eigenvalue weighted by Crippen LogP contribution is -2.46. The first-order valence-corrected chi connectivity index (χ1v) is 8.98. The van der Waals surface area contributed by atoms with Crippen molar-refractivity contribution in [3.05, 3.63) is 34.9 Å². The van der Waals surface area contributed by atoms with Gasteiger partial charge in [-0.15, -0.1) is 0 Å². The number of halogens is 1. The Labute approximate surface area is 158 Å². The number of carbonyl (C=O) groups is 3. The van der Waals surface area contributed by atoms with Crippen LogP contribution >= 0.6 is 11.6 Å². The topological polar surface area (TPSA) is 72.9 Å². The Bertz CT molecular complexity index is 697. The van der Waals surface area contributed by atoms with Gasteiger partial charge in [-0.25, -0.2) is 14.5 Å². The molecule has 0 radical (unpaired) electrons. The van der Waals surface area contributed by atoms with Crippen LogP contribution in [0, 0.1) is 5.92 Å². The second kappa shape index (κ2) is 8.08. The molecule has 142 valence electrons. The number of hydrogen-bond acceptors (Lipinski definition) is 5. The second-order valence-corrected chi connectivity index (χ2v) is 7.59. The number of amides is 2. The number of esters is 1. The Kier molecular flexibility index (Phi) is 6.29. The average Bonchev–Trinajstić information content (AvgIpc) is 2.85. The van der Waals surface area contributed by atoms with E-state index in [0.29, 0.717) is 11.4 Å². The van der Waals surface area contributed by atoms with Crippen LogP contribution in [0.3, 0.4) is 0 Å². The van der Waals surface area contributed by atoms with Gasteiger partial charge in [0.25, 0.3) is 0 Å². The molecule has 0 N–H and O–H groups in total. The van der Waals surface area contributed by atoms with E-state index in [1.54, 1.807) is 39.8 Å². The largest absolute Gasteiger partial charge is 0.464 e. The van der Waals surface area contributed by atoms with Gasteiger partial charge in [-0.1, -0.05) is 29.8 Å². The Hall–Kier alpha value is -2.08. The molecule has 1 aliphatic rings. The predicted molar refractivity (Wildman–Crippen MR) is 96.8 cm³/mol. The zero-order valence-electron chi connectivity index (χ0n) is 15.5. The highest BCUT2D eigenvalue weighted by molar-refractivity contribution is 6.31. The van der Waals surface area contributed by atoms with Crippen molar-refractivity contribution in [1.29, 1.82) is 0 Å². The van der Waals surface area contributed by atoms with E-state index in [-0.39, 0.29) is 13.0 Å². The zero-order valence-corrected chi connectivity index (χ0v) is 16.2. The molecule has 1 heterocycles. The van der Waals surface area contributed by atoms with E-state index < -0.39 is 35.5 Å². The van der Waals surface area contributed by atoms with E-state index in [9.17, 15) is 14.4 Å². The van der Waals surface area contributed by atoms with Gasteiger partial charge in [0, 0.05) is 10.9 Å². The third kappa shape index (κ3) is 4.75. The van der Waals surface area contributed by atoms with E-state index in [1.807, 2.05) is 12.1 Å². The van der Waals surface area contributed by atoms with Gasteiger partial charge in [0.1, 0.15) is 11.6 Å². The van der Waals surface area contributed by atoms with Gasteiger partial charge in [0.15, 0.2) is 0 Å². The van der Waals surface area contributed by atoms with Crippen molar-refractivity contribution in [1.82, 2.24) is 4.90 Å². The van der Waals surface area contributed by atoms with Crippen LogP contribution in [0.4, 0.5) is 4.79 Å². The summed E-state index contributed by atoms with van der Waals surface area (Å²) in [5.41, 5.74) is 0.0124. The molecule has 0 aromatic heterocycles. The Morgan fingerprint density at radius 1 is 1.27 bits per heavy atom. The molecule has 1 saturated heterocycles.